The van der Waals surface area contributed by atoms with E-state index in [1.54, 1.807) is 19.2 Å². The van der Waals surface area contributed by atoms with Gasteiger partial charge in [0.15, 0.2) is 0 Å². The fourth-order valence-corrected chi connectivity index (χ4v) is 2.80. The third-order valence-electron chi connectivity index (χ3n) is 4.41. The van der Waals surface area contributed by atoms with Crippen molar-refractivity contribution in [2.75, 3.05) is 39.2 Å². The van der Waals surface area contributed by atoms with E-state index >= 15 is 0 Å². The van der Waals surface area contributed by atoms with Crippen LogP contribution < -0.4 is 4.90 Å². The second kappa shape index (κ2) is 6.43. The Balaban J connectivity index is 2.03. The summed E-state index contributed by atoms with van der Waals surface area (Å²) in [6, 6.07) is 3.66. The van der Waals surface area contributed by atoms with E-state index in [9.17, 15) is 4.79 Å². The summed E-state index contributed by atoms with van der Waals surface area (Å²) in [6.07, 6.45) is 5.34. The van der Waals surface area contributed by atoms with Crippen molar-refractivity contribution in [3.05, 3.63) is 23.9 Å². The summed E-state index contributed by atoms with van der Waals surface area (Å²) in [5, 5.41) is 0. The smallest absolute Gasteiger partial charge is 0.339 e. The van der Waals surface area contributed by atoms with Gasteiger partial charge >= 0.3 is 5.97 Å². The standard InChI is InChI=1S/C16H25N3O2/c1-5-21-15(20)13-7-8-14(17-11-13)19(4)12-16(18(2)3)9-6-10-16/h7-8,11H,5-6,9-10,12H2,1-4H3. The van der Waals surface area contributed by atoms with Crippen LogP contribution >= 0.6 is 0 Å². The number of likely N-dealkylation sites (N-methyl/N-ethyl adjacent to an activating group) is 2. The molecule has 1 aromatic heterocycles. The summed E-state index contributed by atoms with van der Waals surface area (Å²) < 4.78 is 4.97. The number of aromatic nitrogens is 1. The maximum absolute atomic E-state index is 11.6. The fourth-order valence-electron chi connectivity index (χ4n) is 2.80. The van der Waals surface area contributed by atoms with Crippen molar-refractivity contribution >= 4 is 11.8 Å². The molecule has 0 bridgehead atoms. The Labute approximate surface area is 126 Å². The Bertz CT molecular complexity index is 481. The second-order valence-electron chi connectivity index (χ2n) is 5.95. The normalized spacial score (nSPS) is 16.4. The zero-order valence-corrected chi connectivity index (χ0v) is 13.4. The van der Waals surface area contributed by atoms with Crippen molar-refractivity contribution in [1.82, 2.24) is 9.88 Å². The van der Waals surface area contributed by atoms with Gasteiger partial charge in [0.1, 0.15) is 5.82 Å². The molecule has 5 heteroatoms. The maximum atomic E-state index is 11.6. The van der Waals surface area contributed by atoms with Crippen molar-refractivity contribution in [1.29, 1.82) is 0 Å². The molecular formula is C16H25N3O2. The average molecular weight is 291 g/mol. The lowest BCUT2D eigenvalue weighted by atomic mass is 9.75. The first-order valence-corrected chi connectivity index (χ1v) is 7.50. The Kier molecular flexibility index (Phi) is 4.83. The average Bonchev–Trinajstić information content (AvgIpc) is 2.42. The van der Waals surface area contributed by atoms with Gasteiger partial charge in [0.05, 0.1) is 12.2 Å². The van der Waals surface area contributed by atoms with Gasteiger partial charge in [-0.2, -0.15) is 0 Å². The number of nitrogens with zero attached hydrogens (tertiary/aromatic N) is 3. The summed E-state index contributed by atoms with van der Waals surface area (Å²) in [6.45, 7) is 3.13. The van der Waals surface area contributed by atoms with E-state index in [1.807, 2.05) is 6.07 Å². The number of ether oxygens (including phenoxy) is 1. The van der Waals surface area contributed by atoms with E-state index in [-0.39, 0.29) is 11.5 Å². The van der Waals surface area contributed by atoms with Crippen LogP contribution in [0.4, 0.5) is 5.82 Å². The van der Waals surface area contributed by atoms with Crippen LogP contribution in [0.15, 0.2) is 18.3 Å². The molecule has 0 amide bonds. The van der Waals surface area contributed by atoms with Crippen LogP contribution in [-0.4, -0.2) is 55.7 Å². The number of anilines is 1. The lowest BCUT2D eigenvalue weighted by Gasteiger charge is -2.49. The van der Waals surface area contributed by atoms with Crippen molar-refractivity contribution < 1.29 is 9.53 Å². The molecule has 1 saturated carbocycles. The second-order valence-corrected chi connectivity index (χ2v) is 5.95. The van der Waals surface area contributed by atoms with Crippen molar-refractivity contribution in [2.45, 2.75) is 31.7 Å². The molecule has 21 heavy (non-hydrogen) atoms. The minimum atomic E-state index is -0.317. The Morgan fingerprint density at radius 3 is 2.48 bits per heavy atom. The maximum Gasteiger partial charge on any atom is 0.339 e. The zero-order valence-electron chi connectivity index (χ0n) is 13.4. The number of carbonyl (C=O) groups is 1. The minimum Gasteiger partial charge on any atom is -0.462 e. The molecule has 1 aromatic rings. The molecule has 1 aliphatic rings. The molecule has 2 rings (SSSR count). The summed E-state index contributed by atoms with van der Waals surface area (Å²) in [5.41, 5.74) is 0.760. The number of hydrogen-bond acceptors (Lipinski definition) is 5. The molecule has 0 aliphatic heterocycles. The molecule has 0 N–H and O–H groups in total. The van der Waals surface area contributed by atoms with Crippen LogP contribution in [0.5, 0.6) is 0 Å². The monoisotopic (exact) mass is 291 g/mol. The largest absolute Gasteiger partial charge is 0.462 e. The number of rotatable bonds is 6. The van der Waals surface area contributed by atoms with Crippen LogP contribution in [0, 0.1) is 0 Å². The molecular weight excluding hydrogens is 266 g/mol. The Morgan fingerprint density at radius 2 is 2.05 bits per heavy atom. The molecule has 0 unspecified atom stereocenters. The molecule has 0 saturated heterocycles. The van der Waals surface area contributed by atoms with Crippen LogP contribution in [0.3, 0.4) is 0 Å². The predicted octanol–water partition coefficient (Wildman–Crippen LogP) is 2.18. The lowest BCUT2D eigenvalue weighted by Crippen LogP contribution is -2.56. The topological polar surface area (TPSA) is 45.7 Å². The van der Waals surface area contributed by atoms with Gasteiger partial charge in [0.2, 0.25) is 0 Å². The van der Waals surface area contributed by atoms with Crippen molar-refractivity contribution in [2.24, 2.45) is 0 Å². The molecule has 5 nitrogen and oxygen atoms in total. The number of hydrogen-bond donors (Lipinski definition) is 0. The SMILES string of the molecule is CCOC(=O)c1ccc(N(C)CC2(N(C)C)CCC2)nc1. The first-order valence-electron chi connectivity index (χ1n) is 7.50. The fraction of sp³-hybridized carbons (Fsp3) is 0.625. The highest BCUT2D eigenvalue weighted by Crippen LogP contribution is 2.37. The van der Waals surface area contributed by atoms with Gasteiger partial charge < -0.3 is 14.5 Å². The number of pyridine rings is 1. The molecule has 1 heterocycles. The van der Waals surface area contributed by atoms with Crippen LogP contribution in [0.1, 0.15) is 36.5 Å². The molecule has 1 fully saturated rings. The van der Waals surface area contributed by atoms with Gasteiger partial charge in [-0.25, -0.2) is 9.78 Å². The first-order chi connectivity index (χ1) is 9.98. The minimum absolute atomic E-state index is 0.260. The highest BCUT2D eigenvalue weighted by atomic mass is 16.5. The molecule has 0 spiro atoms. The summed E-state index contributed by atoms with van der Waals surface area (Å²) >= 11 is 0. The molecule has 116 valence electrons. The first kappa shape index (κ1) is 15.8. The summed E-state index contributed by atoms with van der Waals surface area (Å²) in [5.74, 6) is 0.569. The quantitative estimate of drug-likeness (QED) is 0.752. The Hall–Kier alpha value is -1.62. The van der Waals surface area contributed by atoms with Gasteiger partial charge in [0, 0.05) is 25.3 Å². The molecule has 0 aromatic carbocycles. The summed E-state index contributed by atoms with van der Waals surface area (Å²) in [7, 11) is 6.34. The van der Waals surface area contributed by atoms with E-state index in [0.29, 0.717) is 12.2 Å². The van der Waals surface area contributed by atoms with E-state index in [1.165, 1.54) is 19.3 Å². The highest BCUT2D eigenvalue weighted by Gasteiger charge is 2.40. The van der Waals surface area contributed by atoms with E-state index in [2.05, 4.69) is 35.9 Å². The van der Waals surface area contributed by atoms with Crippen LogP contribution in [-0.2, 0) is 4.74 Å². The molecule has 0 radical (unpaired) electrons. The van der Waals surface area contributed by atoms with Gasteiger partial charge in [0.25, 0.3) is 0 Å². The summed E-state index contributed by atoms with van der Waals surface area (Å²) in [4.78, 5) is 20.5. The molecule has 1 aliphatic carbocycles. The van der Waals surface area contributed by atoms with E-state index in [0.717, 1.165) is 12.4 Å². The predicted molar refractivity (Wildman–Crippen MR) is 83.7 cm³/mol. The molecule has 0 atom stereocenters. The van der Waals surface area contributed by atoms with Gasteiger partial charge in [-0.15, -0.1) is 0 Å². The third kappa shape index (κ3) is 3.35. The highest BCUT2D eigenvalue weighted by molar-refractivity contribution is 5.89. The van der Waals surface area contributed by atoms with E-state index in [4.69, 9.17) is 4.74 Å². The Morgan fingerprint density at radius 1 is 1.33 bits per heavy atom. The van der Waals surface area contributed by atoms with Gasteiger partial charge in [-0.3, -0.25) is 0 Å². The zero-order chi connectivity index (χ0) is 15.5. The van der Waals surface area contributed by atoms with Crippen molar-refractivity contribution in [3.8, 4) is 0 Å². The number of carbonyl (C=O) groups excluding carboxylic acids is 1. The number of esters is 1. The van der Waals surface area contributed by atoms with Crippen molar-refractivity contribution in [3.63, 3.8) is 0 Å². The van der Waals surface area contributed by atoms with Crippen LogP contribution in [0.2, 0.25) is 0 Å². The van der Waals surface area contributed by atoms with Gasteiger partial charge in [-0.05, 0) is 52.4 Å². The van der Waals surface area contributed by atoms with Crippen LogP contribution in [0.25, 0.3) is 0 Å². The van der Waals surface area contributed by atoms with Gasteiger partial charge in [-0.1, -0.05) is 0 Å². The lowest BCUT2D eigenvalue weighted by molar-refractivity contribution is 0.0526. The third-order valence-corrected chi connectivity index (χ3v) is 4.41. The van der Waals surface area contributed by atoms with E-state index < -0.39 is 0 Å².